The van der Waals surface area contributed by atoms with Crippen LogP contribution in [-0.2, 0) is 0 Å². The van der Waals surface area contributed by atoms with Gasteiger partial charge in [0.25, 0.3) is 0 Å². The number of halogens is 3. The molecule has 92 valence electrons. The van der Waals surface area contributed by atoms with Crippen molar-refractivity contribution in [3.8, 4) is 5.75 Å². The molecular formula is C12H6Br2ClNO2. The van der Waals surface area contributed by atoms with Gasteiger partial charge in [-0.25, -0.2) is 9.78 Å². The van der Waals surface area contributed by atoms with Crippen LogP contribution in [0.2, 0.25) is 5.15 Å². The molecule has 18 heavy (non-hydrogen) atoms. The van der Waals surface area contributed by atoms with Gasteiger partial charge in [-0.1, -0.05) is 27.5 Å². The molecule has 2 rings (SSSR count). The normalized spacial score (nSPS) is 10.2. The van der Waals surface area contributed by atoms with Crippen LogP contribution in [-0.4, -0.2) is 11.0 Å². The van der Waals surface area contributed by atoms with E-state index < -0.39 is 5.97 Å². The average molecular weight is 391 g/mol. The van der Waals surface area contributed by atoms with Gasteiger partial charge in [-0.2, -0.15) is 0 Å². The van der Waals surface area contributed by atoms with E-state index in [0.717, 1.165) is 4.47 Å². The van der Waals surface area contributed by atoms with Crippen LogP contribution in [0.1, 0.15) is 10.4 Å². The molecule has 0 saturated carbocycles. The maximum absolute atomic E-state index is 11.8. The first-order chi connectivity index (χ1) is 8.56. The third-order valence-electron chi connectivity index (χ3n) is 2.06. The molecule has 0 aliphatic carbocycles. The number of hydrogen-bond donors (Lipinski definition) is 0. The van der Waals surface area contributed by atoms with Crippen molar-refractivity contribution in [1.29, 1.82) is 0 Å². The Bertz CT molecular complexity index is 587. The van der Waals surface area contributed by atoms with Crippen molar-refractivity contribution in [3.05, 3.63) is 56.2 Å². The summed E-state index contributed by atoms with van der Waals surface area (Å²) >= 11 is 12.3. The first-order valence-corrected chi connectivity index (χ1v) is 6.81. The van der Waals surface area contributed by atoms with Crippen molar-refractivity contribution < 1.29 is 9.53 Å². The summed E-state index contributed by atoms with van der Waals surface area (Å²) < 4.78 is 6.65. The number of carbonyl (C=O) groups excluding carboxylic acids is 1. The fourth-order valence-electron chi connectivity index (χ4n) is 1.20. The van der Waals surface area contributed by atoms with Gasteiger partial charge in [-0.3, -0.25) is 0 Å². The average Bonchev–Trinajstić information content (AvgIpc) is 2.35. The van der Waals surface area contributed by atoms with Crippen LogP contribution < -0.4 is 4.74 Å². The summed E-state index contributed by atoms with van der Waals surface area (Å²) in [6, 6.07) is 8.54. The number of rotatable bonds is 2. The van der Waals surface area contributed by atoms with Gasteiger partial charge in [0.15, 0.2) is 0 Å². The lowest BCUT2D eigenvalue weighted by Crippen LogP contribution is -2.08. The van der Waals surface area contributed by atoms with Crippen molar-refractivity contribution in [2.45, 2.75) is 0 Å². The van der Waals surface area contributed by atoms with E-state index in [1.807, 2.05) is 0 Å². The van der Waals surface area contributed by atoms with Gasteiger partial charge >= 0.3 is 5.97 Å². The maximum atomic E-state index is 11.8. The largest absolute Gasteiger partial charge is 0.423 e. The van der Waals surface area contributed by atoms with Gasteiger partial charge in [0, 0.05) is 10.7 Å². The molecule has 0 bridgehead atoms. The second-order valence-electron chi connectivity index (χ2n) is 3.34. The van der Waals surface area contributed by atoms with E-state index in [1.165, 1.54) is 6.20 Å². The highest BCUT2D eigenvalue weighted by Gasteiger charge is 2.11. The Balaban J connectivity index is 2.16. The molecular weight excluding hydrogens is 385 g/mol. The Kier molecular flexibility index (Phi) is 4.37. The van der Waals surface area contributed by atoms with Crippen molar-refractivity contribution in [2.75, 3.05) is 0 Å². The third-order valence-corrected chi connectivity index (χ3v) is 3.72. The molecule has 6 heteroatoms. The summed E-state index contributed by atoms with van der Waals surface area (Å²) in [6.45, 7) is 0. The Labute approximate surface area is 125 Å². The maximum Gasteiger partial charge on any atom is 0.345 e. The molecule has 0 aliphatic heterocycles. The molecule has 1 aromatic heterocycles. The van der Waals surface area contributed by atoms with Crippen LogP contribution in [0, 0.1) is 0 Å². The molecule has 0 saturated heterocycles. The van der Waals surface area contributed by atoms with E-state index in [4.69, 9.17) is 16.3 Å². The van der Waals surface area contributed by atoms with E-state index >= 15 is 0 Å². The topological polar surface area (TPSA) is 39.2 Å². The molecule has 1 aromatic carbocycles. The zero-order valence-electron chi connectivity index (χ0n) is 8.86. The van der Waals surface area contributed by atoms with Crippen LogP contribution in [0.15, 0.2) is 45.5 Å². The number of esters is 1. The van der Waals surface area contributed by atoms with Crippen LogP contribution in [0.5, 0.6) is 5.75 Å². The molecule has 1 heterocycles. The second kappa shape index (κ2) is 5.82. The number of ether oxygens (including phenoxy) is 1. The first kappa shape index (κ1) is 13.5. The Morgan fingerprint density at radius 1 is 1.22 bits per heavy atom. The van der Waals surface area contributed by atoms with Gasteiger partial charge in [-0.05, 0) is 46.3 Å². The fraction of sp³-hybridized carbons (Fsp3) is 0. The highest BCUT2D eigenvalue weighted by molar-refractivity contribution is 9.10. The SMILES string of the molecule is O=C(Oc1ccc(Br)cc1)c1cnc(Cl)c(Br)c1. The van der Waals surface area contributed by atoms with Crippen molar-refractivity contribution in [2.24, 2.45) is 0 Å². The number of hydrogen-bond acceptors (Lipinski definition) is 3. The van der Waals surface area contributed by atoms with Gasteiger partial charge in [-0.15, -0.1) is 0 Å². The lowest BCUT2D eigenvalue weighted by Gasteiger charge is -2.04. The summed E-state index contributed by atoms with van der Waals surface area (Å²) in [5.74, 6) is -0.0172. The van der Waals surface area contributed by atoms with Gasteiger partial charge in [0.1, 0.15) is 10.9 Å². The quantitative estimate of drug-likeness (QED) is 0.431. The number of benzene rings is 1. The van der Waals surface area contributed by atoms with E-state index in [0.29, 0.717) is 20.9 Å². The molecule has 0 fully saturated rings. The minimum absolute atomic E-state index is 0.301. The van der Waals surface area contributed by atoms with Crippen molar-refractivity contribution in [1.82, 2.24) is 4.98 Å². The highest BCUT2D eigenvalue weighted by Crippen LogP contribution is 2.22. The number of carbonyl (C=O) groups is 1. The predicted molar refractivity (Wildman–Crippen MR) is 76.0 cm³/mol. The number of aromatic nitrogens is 1. The number of pyridine rings is 1. The Hall–Kier alpha value is -0.910. The van der Waals surface area contributed by atoms with Crippen molar-refractivity contribution >= 4 is 49.4 Å². The molecule has 3 nitrogen and oxygen atoms in total. The van der Waals surface area contributed by atoms with Crippen LogP contribution in [0.3, 0.4) is 0 Å². The van der Waals surface area contributed by atoms with Gasteiger partial charge in [0.05, 0.1) is 10.0 Å². The van der Waals surface area contributed by atoms with E-state index in [-0.39, 0.29) is 0 Å². The van der Waals surface area contributed by atoms with Gasteiger partial charge in [0.2, 0.25) is 0 Å². The van der Waals surface area contributed by atoms with Crippen LogP contribution in [0.25, 0.3) is 0 Å². The van der Waals surface area contributed by atoms with E-state index in [9.17, 15) is 4.79 Å². The van der Waals surface area contributed by atoms with E-state index in [1.54, 1.807) is 30.3 Å². The number of nitrogens with zero attached hydrogens (tertiary/aromatic N) is 1. The van der Waals surface area contributed by atoms with E-state index in [2.05, 4.69) is 36.8 Å². The highest BCUT2D eigenvalue weighted by atomic mass is 79.9. The lowest BCUT2D eigenvalue weighted by molar-refractivity contribution is 0.0734. The molecule has 0 spiro atoms. The monoisotopic (exact) mass is 389 g/mol. The molecule has 2 aromatic rings. The minimum Gasteiger partial charge on any atom is -0.423 e. The zero-order valence-corrected chi connectivity index (χ0v) is 12.8. The van der Waals surface area contributed by atoms with Crippen LogP contribution >= 0.6 is 43.5 Å². The molecule has 0 atom stereocenters. The smallest absolute Gasteiger partial charge is 0.345 e. The molecule has 0 amide bonds. The van der Waals surface area contributed by atoms with Crippen molar-refractivity contribution in [3.63, 3.8) is 0 Å². The molecule has 0 N–H and O–H groups in total. The summed E-state index contributed by atoms with van der Waals surface area (Å²) in [5.41, 5.74) is 0.328. The second-order valence-corrected chi connectivity index (χ2v) is 5.47. The summed E-state index contributed by atoms with van der Waals surface area (Å²) in [6.07, 6.45) is 1.37. The summed E-state index contributed by atoms with van der Waals surface area (Å²) in [7, 11) is 0. The van der Waals surface area contributed by atoms with Gasteiger partial charge < -0.3 is 4.74 Å². The Morgan fingerprint density at radius 2 is 1.89 bits per heavy atom. The standard InChI is InChI=1S/C12H6Br2ClNO2/c13-8-1-3-9(4-2-8)18-12(17)7-5-10(14)11(15)16-6-7/h1-6H. The molecule has 0 unspecified atom stereocenters. The lowest BCUT2D eigenvalue weighted by atomic mass is 10.3. The zero-order chi connectivity index (χ0) is 13.1. The summed E-state index contributed by atoms with van der Waals surface area (Å²) in [5, 5.41) is 0.301. The minimum atomic E-state index is -0.484. The van der Waals surface area contributed by atoms with Crippen LogP contribution in [0.4, 0.5) is 0 Å². The molecule has 0 aliphatic rings. The molecule has 0 radical (unpaired) electrons. The fourth-order valence-corrected chi connectivity index (χ4v) is 1.92. The predicted octanol–water partition coefficient (Wildman–Crippen LogP) is 4.48. The Morgan fingerprint density at radius 3 is 2.50 bits per heavy atom. The summed E-state index contributed by atoms with van der Waals surface area (Å²) in [4.78, 5) is 15.7. The first-order valence-electron chi connectivity index (χ1n) is 4.85. The third kappa shape index (κ3) is 3.31.